The van der Waals surface area contributed by atoms with Gasteiger partial charge in [-0.15, -0.1) is 0 Å². The summed E-state index contributed by atoms with van der Waals surface area (Å²) in [6.07, 6.45) is -12.4. The zero-order valence-electron chi connectivity index (χ0n) is 13.4. The molecule has 0 saturated carbocycles. The van der Waals surface area contributed by atoms with Crippen LogP contribution in [0.3, 0.4) is 0 Å². The molecule has 0 bridgehead atoms. The van der Waals surface area contributed by atoms with E-state index in [-0.39, 0.29) is 21.3 Å². The number of hydrogen-bond acceptors (Lipinski definition) is 1. The first-order valence-corrected chi connectivity index (χ1v) is 7.90. The number of benzene rings is 2. The summed E-state index contributed by atoms with van der Waals surface area (Å²) in [7, 11) is 1.21. The molecular weight excluding hydrogens is 433 g/mol. The van der Waals surface area contributed by atoms with E-state index >= 15 is 0 Å². The first-order valence-electron chi connectivity index (χ1n) is 7.11. The summed E-state index contributed by atoms with van der Waals surface area (Å²) in [6.45, 7) is 1.27. The third-order valence-corrected chi connectivity index (χ3v) is 4.39. The maximum absolute atomic E-state index is 14.8. The van der Waals surface area contributed by atoms with Crippen molar-refractivity contribution in [3.8, 4) is 16.9 Å². The number of methoxy groups -OCH3 is 1. The zero-order chi connectivity index (χ0) is 19.9. The quantitative estimate of drug-likeness (QED) is 0.477. The number of ether oxygens (including phenoxy) is 1. The molecule has 26 heavy (non-hydrogen) atoms. The Hall–Kier alpha value is -1.77. The van der Waals surface area contributed by atoms with Crippen molar-refractivity contribution in [3.63, 3.8) is 0 Å². The van der Waals surface area contributed by atoms with Crippen LogP contribution in [0.1, 0.15) is 11.1 Å². The third kappa shape index (κ3) is 3.28. The van der Waals surface area contributed by atoms with Gasteiger partial charge in [-0.1, -0.05) is 40.2 Å². The highest BCUT2D eigenvalue weighted by atomic mass is 79.9. The molecule has 1 nitrogen and oxygen atoms in total. The fourth-order valence-electron chi connectivity index (χ4n) is 2.60. The van der Waals surface area contributed by atoms with Crippen LogP contribution >= 0.6 is 15.9 Å². The normalized spacial score (nSPS) is 13.0. The molecule has 142 valence electrons. The molecule has 0 unspecified atom stereocenters. The van der Waals surface area contributed by atoms with E-state index in [4.69, 9.17) is 4.74 Å². The van der Waals surface area contributed by atoms with Gasteiger partial charge < -0.3 is 4.74 Å². The van der Waals surface area contributed by atoms with Gasteiger partial charge in [-0.25, -0.2) is 4.39 Å². The summed E-state index contributed by atoms with van der Waals surface area (Å²) in [5.74, 6) is 0.00463. The van der Waals surface area contributed by atoms with Crippen molar-refractivity contribution >= 4 is 15.9 Å². The molecule has 0 aliphatic carbocycles. The van der Waals surface area contributed by atoms with Crippen molar-refractivity contribution in [1.29, 1.82) is 0 Å². The Kier molecular flexibility index (Phi) is 5.34. The Balaban J connectivity index is 2.98. The Labute approximate surface area is 152 Å². The van der Waals surface area contributed by atoms with Gasteiger partial charge in [0.05, 0.1) is 7.11 Å². The van der Waals surface area contributed by atoms with Gasteiger partial charge in [-0.2, -0.15) is 26.3 Å². The van der Waals surface area contributed by atoms with E-state index in [1.54, 1.807) is 0 Å². The SMILES string of the molecule is COc1ccccc1-c1c(Br)cc(C)cc1C(F)(C(F)(F)F)C(F)(F)F. The predicted octanol–water partition coefficient (Wildman–Crippen LogP) is 6.72. The molecule has 0 N–H and O–H groups in total. The second-order valence-corrected chi connectivity index (χ2v) is 6.38. The van der Waals surface area contributed by atoms with Crippen molar-refractivity contribution < 1.29 is 35.5 Å². The van der Waals surface area contributed by atoms with Crippen LogP contribution in [0.15, 0.2) is 40.9 Å². The average molecular weight is 445 g/mol. The van der Waals surface area contributed by atoms with Crippen molar-refractivity contribution in [1.82, 2.24) is 0 Å². The minimum absolute atomic E-state index is 0.00463. The van der Waals surface area contributed by atoms with E-state index in [9.17, 15) is 30.7 Å². The summed E-state index contributed by atoms with van der Waals surface area (Å²) in [4.78, 5) is 0. The molecule has 2 aromatic carbocycles. The highest BCUT2D eigenvalue weighted by Gasteiger charge is 2.74. The second kappa shape index (κ2) is 6.75. The molecule has 0 fully saturated rings. The maximum Gasteiger partial charge on any atom is 0.435 e. The van der Waals surface area contributed by atoms with Crippen LogP contribution < -0.4 is 4.74 Å². The standard InChI is InChI=1S/C17H12BrF7O/c1-9-7-11(15(19,16(20,21)22)17(23,24)25)14(12(18)8-9)10-5-3-4-6-13(10)26-2/h3-8H,1-2H3. The van der Waals surface area contributed by atoms with Crippen LogP contribution in [-0.4, -0.2) is 19.5 Å². The van der Waals surface area contributed by atoms with Gasteiger partial charge in [0, 0.05) is 21.2 Å². The van der Waals surface area contributed by atoms with Crippen LogP contribution in [-0.2, 0) is 5.67 Å². The van der Waals surface area contributed by atoms with Crippen LogP contribution in [0.4, 0.5) is 30.7 Å². The van der Waals surface area contributed by atoms with Gasteiger partial charge in [0.1, 0.15) is 5.75 Å². The highest BCUT2D eigenvalue weighted by molar-refractivity contribution is 9.10. The Bertz CT molecular complexity index is 798. The van der Waals surface area contributed by atoms with Crippen molar-refractivity contribution in [2.75, 3.05) is 7.11 Å². The lowest BCUT2D eigenvalue weighted by Gasteiger charge is -2.32. The topological polar surface area (TPSA) is 9.23 Å². The Morgan fingerprint density at radius 2 is 1.42 bits per heavy atom. The zero-order valence-corrected chi connectivity index (χ0v) is 15.0. The lowest BCUT2D eigenvalue weighted by atomic mass is 9.85. The van der Waals surface area contributed by atoms with Gasteiger partial charge in [0.15, 0.2) is 0 Å². The molecule has 0 aliphatic heterocycles. The molecule has 0 aromatic heterocycles. The van der Waals surface area contributed by atoms with E-state index in [0.29, 0.717) is 6.07 Å². The summed E-state index contributed by atoms with van der Waals surface area (Å²) in [6, 6.07) is 7.35. The van der Waals surface area contributed by atoms with Crippen molar-refractivity contribution in [2.24, 2.45) is 0 Å². The molecule has 0 radical (unpaired) electrons. The predicted molar refractivity (Wildman–Crippen MR) is 85.8 cm³/mol. The number of rotatable bonds is 3. The van der Waals surface area contributed by atoms with E-state index in [1.165, 1.54) is 44.4 Å². The minimum atomic E-state index is -6.21. The van der Waals surface area contributed by atoms with Crippen molar-refractivity contribution in [2.45, 2.75) is 24.9 Å². The number of alkyl halides is 7. The summed E-state index contributed by atoms with van der Waals surface area (Å²) < 4.78 is 99.4. The maximum atomic E-state index is 14.8. The number of hydrogen-bond donors (Lipinski definition) is 0. The van der Waals surface area contributed by atoms with E-state index in [1.807, 2.05) is 0 Å². The number of aryl methyl sites for hydroxylation is 1. The fraction of sp³-hybridized carbons (Fsp3) is 0.294. The molecule has 0 atom stereocenters. The molecule has 2 aromatic rings. The van der Waals surface area contributed by atoms with E-state index in [0.717, 1.165) is 0 Å². The summed E-state index contributed by atoms with van der Waals surface area (Å²) >= 11 is 2.97. The number of halogens is 8. The minimum Gasteiger partial charge on any atom is -0.496 e. The Morgan fingerprint density at radius 3 is 1.92 bits per heavy atom. The monoisotopic (exact) mass is 444 g/mol. The second-order valence-electron chi connectivity index (χ2n) is 5.52. The lowest BCUT2D eigenvalue weighted by molar-refractivity contribution is -0.348. The van der Waals surface area contributed by atoms with Gasteiger partial charge in [-0.3, -0.25) is 0 Å². The largest absolute Gasteiger partial charge is 0.496 e. The molecule has 0 spiro atoms. The van der Waals surface area contributed by atoms with Gasteiger partial charge in [0.2, 0.25) is 0 Å². The van der Waals surface area contributed by atoms with Crippen molar-refractivity contribution in [3.05, 3.63) is 52.0 Å². The molecule has 0 amide bonds. The average Bonchev–Trinajstić information content (AvgIpc) is 2.51. The van der Waals surface area contributed by atoms with Gasteiger partial charge >= 0.3 is 18.0 Å². The van der Waals surface area contributed by atoms with Crippen LogP contribution in [0.25, 0.3) is 11.1 Å². The molecule has 9 heteroatoms. The lowest BCUT2D eigenvalue weighted by Crippen LogP contribution is -2.50. The van der Waals surface area contributed by atoms with E-state index in [2.05, 4.69) is 15.9 Å². The number of para-hydroxylation sites is 1. The molecule has 0 saturated heterocycles. The first kappa shape index (κ1) is 20.5. The first-order chi connectivity index (χ1) is 11.8. The molecule has 2 rings (SSSR count). The van der Waals surface area contributed by atoms with Crippen LogP contribution in [0.2, 0.25) is 0 Å². The van der Waals surface area contributed by atoms with E-state index < -0.39 is 29.1 Å². The van der Waals surface area contributed by atoms with Crippen LogP contribution in [0, 0.1) is 6.92 Å². The highest BCUT2D eigenvalue weighted by Crippen LogP contribution is 2.57. The van der Waals surface area contributed by atoms with Gasteiger partial charge in [0.25, 0.3) is 0 Å². The fourth-order valence-corrected chi connectivity index (χ4v) is 3.39. The summed E-state index contributed by atoms with van der Waals surface area (Å²) in [5, 5.41) is 0. The van der Waals surface area contributed by atoms with Gasteiger partial charge in [-0.05, 0) is 24.6 Å². The molecule has 0 aliphatic rings. The smallest absolute Gasteiger partial charge is 0.435 e. The van der Waals surface area contributed by atoms with Crippen LogP contribution in [0.5, 0.6) is 5.75 Å². The summed E-state index contributed by atoms with van der Waals surface area (Å²) in [5.41, 5.74) is -7.75. The third-order valence-electron chi connectivity index (χ3n) is 3.76. The Morgan fingerprint density at radius 1 is 0.885 bits per heavy atom. The molecule has 0 heterocycles. The molecular formula is C17H12BrF7O.